The molecule has 3 aliphatic heterocycles. The fraction of sp³-hybridized carbons (Fsp3) is 0.538. The van der Waals surface area contributed by atoms with Gasteiger partial charge in [0.1, 0.15) is 15.0 Å². The monoisotopic (exact) mass is 667 g/mol. The highest BCUT2D eigenvalue weighted by Crippen LogP contribution is 2.43. The second-order valence-electron chi connectivity index (χ2n) is 10.6. The molecule has 3 saturated heterocycles. The quantitative estimate of drug-likeness (QED) is 0.322. The van der Waals surface area contributed by atoms with Crippen LogP contribution in [-0.4, -0.2) is 73.9 Å². The number of hydrogen-bond donors (Lipinski definition) is 1. The number of likely N-dealkylation sites (N-methyl/N-ethyl adjacent to an activating group) is 1. The number of piperidine rings is 1. The number of fused-ring (bicyclic) bond motifs is 1. The van der Waals surface area contributed by atoms with Crippen molar-refractivity contribution in [2.75, 3.05) is 38.2 Å². The molecular weight excluding hydrogens is 637 g/mol. The minimum Gasteiger partial charge on any atom is -0.366 e. The van der Waals surface area contributed by atoms with Crippen LogP contribution in [0.15, 0.2) is 45.6 Å². The van der Waals surface area contributed by atoms with Gasteiger partial charge in [0.25, 0.3) is 5.56 Å². The van der Waals surface area contributed by atoms with Gasteiger partial charge in [0.05, 0.1) is 41.3 Å². The summed E-state index contributed by atoms with van der Waals surface area (Å²) in [6, 6.07) is 4.16. The van der Waals surface area contributed by atoms with Crippen LogP contribution in [0.3, 0.4) is 0 Å². The summed E-state index contributed by atoms with van der Waals surface area (Å²) in [5, 5.41) is 1.59. The minimum atomic E-state index is -0.103. The first-order valence-electron chi connectivity index (χ1n) is 13.0. The number of ether oxygens (including phenoxy) is 1. The summed E-state index contributed by atoms with van der Waals surface area (Å²) in [6.07, 6.45) is 9.43. The fourth-order valence-corrected chi connectivity index (χ4v) is 7.91. The summed E-state index contributed by atoms with van der Waals surface area (Å²) in [5.74, 6) is 0.858. The Morgan fingerprint density at radius 2 is 2.03 bits per heavy atom. The molecule has 5 heterocycles. The summed E-state index contributed by atoms with van der Waals surface area (Å²) in [7, 11) is 2.10. The Morgan fingerprint density at radius 1 is 1.21 bits per heavy atom. The molecule has 0 aliphatic carbocycles. The largest absolute Gasteiger partial charge is 0.366 e. The minimum absolute atomic E-state index is 0.0683. The third-order valence-electron chi connectivity index (χ3n) is 8.41. The van der Waals surface area contributed by atoms with Gasteiger partial charge < -0.3 is 20.3 Å². The van der Waals surface area contributed by atoms with Gasteiger partial charge in [0, 0.05) is 42.0 Å². The van der Waals surface area contributed by atoms with Crippen molar-refractivity contribution >= 4 is 62.7 Å². The molecule has 3 atom stereocenters. The second-order valence-corrected chi connectivity index (χ2v) is 13.3. The maximum Gasteiger partial charge on any atom is 0.262 e. The standard InChI is InChI=1S/C26H31ClIN7O2S/c1-33-8-2-3-16(33)13-35-15-32-17-4-5-18(22(27)21(17)25(35)36)38-20-12-30-19(11-31-20)34-9-6-26(7-10-34)14-37-24(28)23(26)29/h4-5,11-12,15-16,23-24H,2-3,6-10,13-14,29H2,1H3/t16?,23-,24-/m1/s1. The molecular formula is C26H31ClIN7O2S. The molecule has 9 nitrogen and oxygen atoms in total. The van der Waals surface area contributed by atoms with E-state index in [1.54, 1.807) is 17.1 Å². The van der Waals surface area contributed by atoms with Crippen LogP contribution < -0.4 is 16.2 Å². The average molecular weight is 668 g/mol. The third kappa shape index (κ3) is 4.94. The lowest BCUT2D eigenvalue weighted by atomic mass is 9.75. The van der Waals surface area contributed by atoms with Gasteiger partial charge in [0.15, 0.2) is 0 Å². The number of benzene rings is 1. The van der Waals surface area contributed by atoms with E-state index in [2.05, 4.69) is 54.4 Å². The second kappa shape index (κ2) is 10.8. The predicted octanol–water partition coefficient (Wildman–Crippen LogP) is 3.79. The van der Waals surface area contributed by atoms with Crippen molar-refractivity contribution in [1.82, 2.24) is 24.4 Å². The van der Waals surface area contributed by atoms with Gasteiger partial charge in [-0.25, -0.2) is 15.0 Å². The van der Waals surface area contributed by atoms with Gasteiger partial charge in [-0.05, 0) is 74.0 Å². The number of nitrogens with zero attached hydrogens (tertiary/aromatic N) is 6. The van der Waals surface area contributed by atoms with Crippen molar-refractivity contribution in [1.29, 1.82) is 0 Å². The number of hydrogen-bond acceptors (Lipinski definition) is 9. The molecule has 3 aromatic rings. The molecule has 12 heteroatoms. The zero-order valence-corrected chi connectivity index (χ0v) is 25.0. The van der Waals surface area contributed by atoms with E-state index in [0.717, 1.165) is 67.7 Å². The highest BCUT2D eigenvalue weighted by Gasteiger charge is 2.48. The number of likely N-dealkylation sites (tertiary alicyclic amines) is 1. The summed E-state index contributed by atoms with van der Waals surface area (Å²) < 4.78 is 7.61. The van der Waals surface area contributed by atoms with E-state index >= 15 is 0 Å². The van der Waals surface area contributed by atoms with E-state index in [4.69, 9.17) is 22.1 Å². The highest BCUT2D eigenvalue weighted by molar-refractivity contribution is 14.1. The lowest BCUT2D eigenvalue weighted by molar-refractivity contribution is 0.127. The molecule has 1 unspecified atom stereocenters. The van der Waals surface area contributed by atoms with Crippen LogP contribution in [0.4, 0.5) is 5.82 Å². The van der Waals surface area contributed by atoms with Crippen LogP contribution in [0.25, 0.3) is 10.9 Å². The van der Waals surface area contributed by atoms with E-state index in [1.807, 2.05) is 18.3 Å². The number of rotatable bonds is 5. The van der Waals surface area contributed by atoms with Gasteiger partial charge >= 0.3 is 0 Å². The molecule has 3 aliphatic rings. The number of halogens is 2. The van der Waals surface area contributed by atoms with Crippen LogP contribution in [0, 0.1) is 5.41 Å². The Hall–Kier alpha value is -1.51. The van der Waals surface area contributed by atoms with Crippen LogP contribution in [0.5, 0.6) is 0 Å². The fourth-order valence-electron chi connectivity index (χ4n) is 5.85. The molecule has 202 valence electrons. The van der Waals surface area contributed by atoms with Gasteiger partial charge in [-0.3, -0.25) is 9.36 Å². The molecule has 0 amide bonds. The van der Waals surface area contributed by atoms with Crippen molar-refractivity contribution in [2.24, 2.45) is 11.1 Å². The molecule has 3 fully saturated rings. The van der Waals surface area contributed by atoms with Crippen LogP contribution in [0.1, 0.15) is 25.7 Å². The molecule has 38 heavy (non-hydrogen) atoms. The molecule has 6 rings (SSSR count). The van der Waals surface area contributed by atoms with E-state index < -0.39 is 0 Å². The smallest absolute Gasteiger partial charge is 0.262 e. The van der Waals surface area contributed by atoms with Gasteiger partial charge in [-0.15, -0.1) is 0 Å². The Morgan fingerprint density at radius 3 is 2.68 bits per heavy atom. The Balaban J connectivity index is 1.17. The lowest BCUT2D eigenvalue weighted by Crippen LogP contribution is -2.50. The number of anilines is 1. The first-order chi connectivity index (χ1) is 18.3. The van der Waals surface area contributed by atoms with Gasteiger partial charge in [-0.1, -0.05) is 23.4 Å². The maximum atomic E-state index is 13.4. The first kappa shape index (κ1) is 26.7. The molecule has 1 spiro atoms. The third-order valence-corrected chi connectivity index (χ3v) is 11.0. The van der Waals surface area contributed by atoms with Crippen LogP contribution in [0.2, 0.25) is 5.02 Å². The SMILES string of the molecule is CN1CCCC1Cn1cnc2ccc(Sc3cnc(N4CCC5(CC4)CO[C@@H](I)[C@H]5N)cn3)c(Cl)c2c1=O. The van der Waals surface area contributed by atoms with Gasteiger partial charge in [0.2, 0.25) is 0 Å². The number of nitrogens with two attached hydrogens (primary N) is 1. The Labute approximate surface area is 244 Å². The van der Waals surface area contributed by atoms with Gasteiger partial charge in [-0.2, -0.15) is 0 Å². The zero-order valence-electron chi connectivity index (χ0n) is 21.2. The van der Waals surface area contributed by atoms with E-state index in [-0.39, 0.29) is 21.1 Å². The molecule has 0 bridgehead atoms. The average Bonchev–Trinajstić information content (AvgIpc) is 3.46. The Bertz CT molecular complexity index is 1380. The molecule has 0 radical (unpaired) electrons. The maximum absolute atomic E-state index is 13.4. The van der Waals surface area contributed by atoms with E-state index in [9.17, 15) is 4.79 Å². The van der Waals surface area contributed by atoms with E-state index in [0.29, 0.717) is 28.5 Å². The molecule has 2 aromatic heterocycles. The zero-order chi connectivity index (χ0) is 26.4. The molecule has 2 N–H and O–H groups in total. The van der Waals surface area contributed by atoms with Crippen molar-refractivity contribution in [3.05, 3.63) is 46.2 Å². The highest BCUT2D eigenvalue weighted by atomic mass is 127. The lowest BCUT2D eigenvalue weighted by Gasteiger charge is -2.41. The van der Waals surface area contributed by atoms with Crippen LogP contribution in [-0.2, 0) is 11.3 Å². The van der Waals surface area contributed by atoms with Crippen molar-refractivity contribution < 1.29 is 4.74 Å². The Kier molecular flexibility index (Phi) is 7.60. The number of alkyl halides is 1. The summed E-state index contributed by atoms with van der Waals surface area (Å²) in [5.41, 5.74) is 7.02. The normalized spacial score (nSPS) is 25.6. The molecule has 0 saturated carbocycles. The summed E-state index contributed by atoms with van der Waals surface area (Å²) >= 11 is 10.5. The summed E-state index contributed by atoms with van der Waals surface area (Å²) in [4.78, 5) is 32.5. The van der Waals surface area contributed by atoms with Crippen molar-refractivity contribution in [3.63, 3.8) is 0 Å². The van der Waals surface area contributed by atoms with Crippen molar-refractivity contribution in [2.45, 2.75) is 58.3 Å². The van der Waals surface area contributed by atoms with E-state index in [1.165, 1.54) is 11.8 Å². The first-order valence-corrected chi connectivity index (χ1v) is 15.4. The molecule has 1 aromatic carbocycles. The van der Waals surface area contributed by atoms with Crippen molar-refractivity contribution in [3.8, 4) is 0 Å². The topological polar surface area (TPSA) is 102 Å². The van der Waals surface area contributed by atoms with Crippen LogP contribution >= 0.6 is 46.0 Å². The number of aromatic nitrogens is 4. The summed E-state index contributed by atoms with van der Waals surface area (Å²) in [6.45, 7) is 4.18. The predicted molar refractivity (Wildman–Crippen MR) is 158 cm³/mol.